The Balaban J connectivity index is 2.95. The van der Waals surface area contributed by atoms with Gasteiger partial charge in [-0.05, 0) is 12.1 Å². The van der Waals surface area contributed by atoms with Crippen molar-refractivity contribution in [1.82, 2.24) is 0 Å². The number of non-ortho nitro benzene ring substituents is 1. The third-order valence-corrected chi connectivity index (χ3v) is 2.56. The second-order valence-corrected chi connectivity index (χ2v) is 3.58. The average molecular weight is 263 g/mol. The number of hydrogen-bond donors (Lipinski definition) is 0. The lowest BCUT2D eigenvalue weighted by Crippen LogP contribution is -1.98. The number of rotatable bonds is 3. The van der Waals surface area contributed by atoms with E-state index in [2.05, 4.69) is 0 Å². The Labute approximate surface area is 104 Å². The summed E-state index contributed by atoms with van der Waals surface area (Å²) in [6.07, 6.45) is 0. The van der Waals surface area contributed by atoms with Crippen LogP contribution >= 0.6 is 0 Å². The predicted octanol–water partition coefficient (Wildman–Crippen LogP) is 2.56. The Kier molecular flexibility index (Phi) is 2.79. The normalized spacial score (nSPS) is 10.3. The van der Waals surface area contributed by atoms with Crippen molar-refractivity contribution in [1.29, 1.82) is 0 Å². The third-order valence-electron chi connectivity index (χ3n) is 2.56. The SMILES string of the molecule is O=[N+]([O-])c1ccc2c([N+](=O)[O-])cccc2c1[N+](=O)[O-]. The summed E-state index contributed by atoms with van der Waals surface area (Å²) in [5, 5.41) is 32.4. The van der Waals surface area contributed by atoms with Crippen LogP contribution in [0.1, 0.15) is 0 Å². The number of nitro benzene ring substituents is 3. The smallest absolute Gasteiger partial charge is 0.258 e. The largest absolute Gasteiger partial charge is 0.354 e. The highest BCUT2D eigenvalue weighted by Gasteiger charge is 2.29. The van der Waals surface area contributed by atoms with Gasteiger partial charge in [0.25, 0.3) is 5.69 Å². The highest BCUT2D eigenvalue weighted by molar-refractivity contribution is 6.00. The first-order chi connectivity index (χ1) is 8.93. The van der Waals surface area contributed by atoms with Gasteiger partial charge in [-0.15, -0.1) is 0 Å². The first kappa shape index (κ1) is 12.4. The van der Waals surface area contributed by atoms with Gasteiger partial charge in [0.1, 0.15) is 0 Å². The van der Waals surface area contributed by atoms with Crippen LogP contribution in [0.5, 0.6) is 0 Å². The zero-order valence-corrected chi connectivity index (χ0v) is 9.18. The van der Waals surface area contributed by atoms with Crippen molar-refractivity contribution in [3.8, 4) is 0 Å². The quantitative estimate of drug-likeness (QED) is 0.617. The molecule has 0 aromatic heterocycles. The summed E-state index contributed by atoms with van der Waals surface area (Å²) in [6, 6.07) is 5.70. The van der Waals surface area contributed by atoms with Crippen LogP contribution in [0.25, 0.3) is 10.8 Å². The summed E-state index contributed by atoms with van der Waals surface area (Å²) in [5.41, 5.74) is -1.78. The van der Waals surface area contributed by atoms with E-state index in [4.69, 9.17) is 0 Å². The van der Waals surface area contributed by atoms with Crippen molar-refractivity contribution in [2.45, 2.75) is 0 Å². The van der Waals surface area contributed by atoms with E-state index >= 15 is 0 Å². The molecule has 0 atom stereocenters. The number of hydrogen-bond acceptors (Lipinski definition) is 6. The standard InChI is InChI=1S/C10H5N3O6/c14-11(15)8-3-1-2-7-6(8)4-5-9(12(16)17)10(7)13(18)19/h1-5H. The molecule has 0 saturated heterocycles. The molecule has 0 aliphatic heterocycles. The Morgan fingerprint density at radius 2 is 1.32 bits per heavy atom. The summed E-state index contributed by atoms with van der Waals surface area (Å²) in [5.74, 6) is 0. The molecule has 0 aliphatic carbocycles. The Hall–Kier alpha value is -3.10. The fourth-order valence-electron chi connectivity index (χ4n) is 1.81. The fourth-order valence-corrected chi connectivity index (χ4v) is 1.81. The topological polar surface area (TPSA) is 129 Å². The molecular formula is C10H5N3O6. The average Bonchev–Trinajstić information content (AvgIpc) is 2.35. The molecule has 0 spiro atoms. The van der Waals surface area contributed by atoms with Crippen molar-refractivity contribution in [2.75, 3.05) is 0 Å². The zero-order chi connectivity index (χ0) is 14.2. The highest BCUT2D eigenvalue weighted by Crippen LogP contribution is 2.38. The van der Waals surface area contributed by atoms with Crippen LogP contribution in [-0.4, -0.2) is 14.8 Å². The molecule has 9 heteroatoms. The summed E-state index contributed by atoms with van der Waals surface area (Å²) in [7, 11) is 0. The number of fused-ring (bicyclic) bond motifs is 1. The summed E-state index contributed by atoms with van der Waals surface area (Å²) < 4.78 is 0. The zero-order valence-electron chi connectivity index (χ0n) is 9.18. The molecule has 0 heterocycles. The van der Waals surface area contributed by atoms with E-state index in [1.807, 2.05) is 0 Å². The fraction of sp³-hybridized carbons (Fsp3) is 0. The van der Waals surface area contributed by atoms with Gasteiger partial charge in [-0.1, -0.05) is 6.07 Å². The molecule has 0 fully saturated rings. The monoisotopic (exact) mass is 263 g/mol. The molecule has 19 heavy (non-hydrogen) atoms. The van der Waals surface area contributed by atoms with E-state index < -0.39 is 26.1 Å². The minimum absolute atomic E-state index is 0.00944. The molecule has 2 aromatic rings. The van der Waals surface area contributed by atoms with Crippen molar-refractivity contribution in [2.24, 2.45) is 0 Å². The van der Waals surface area contributed by atoms with Crippen LogP contribution in [0, 0.1) is 30.3 Å². The molecule has 0 N–H and O–H groups in total. The molecule has 0 saturated carbocycles. The molecule has 9 nitrogen and oxygen atoms in total. The number of nitrogens with zero attached hydrogens (tertiary/aromatic N) is 3. The van der Waals surface area contributed by atoms with E-state index in [0.717, 1.165) is 12.1 Å². The molecular weight excluding hydrogens is 258 g/mol. The van der Waals surface area contributed by atoms with Crippen molar-refractivity contribution < 1.29 is 14.8 Å². The van der Waals surface area contributed by atoms with Gasteiger partial charge in [0.15, 0.2) is 0 Å². The Bertz CT molecular complexity index is 727. The summed E-state index contributed by atoms with van der Waals surface area (Å²) >= 11 is 0. The minimum atomic E-state index is -0.913. The molecule has 2 aromatic carbocycles. The van der Waals surface area contributed by atoms with Gasteiger partial charge in [0.05, 0.1) is 25.5 Å². The van der Waals surface area contributed by atoms with Gasteiger partial charge < -0.3 is 0 Å². The molecule has 0 amide bonds. The van der Waals surface area contributed by atoms with Crippen LogP contribution in [0.3, 0.4) is 0 Å². The predicted molar refractivity (Wildman–Crippen MR) is 63.9 cm³/mol. The van der Waals surface area contributed by atoms with Gasteiger partial charge in [-0.25, -0.2) is 0 Å². The van der Waals surface area contributed by atoms with Crippen molar-refractivity contribution in [3.63, 3.8) is 0 Å². The van der Waals surface area contributed by atoms with Gasteiger partial charge in [-0.2, -0.15) is 0 Å². The van der Waals surface area contributed by atoms with Gasteiger partial charge in [0, 0.05) is 12.1 Å². The highest BCUT2D eigenvalue weighted by atomic mass is 16.6. The maximum Gasteiger partial charge on any atom is 0.354 e. The first-order valence-electron chi connectivity index (χ1n) is 4.92. The van der Waals surface area contributed by atoms with Gasteiger partial charge >= 0.3 is 11.4 Å². The maximum absolute atomic E-state index is 11.0. The molecule has 0 aliphatic rings. The molecule has 0 radical (unpaired) electrons. The van der Waals surface area contributed by atoms with Gasteiger partial charge in [0.2, 0.25) is 0 Å². The number of benzene rings is 2. The Morgan fingerprint density at radius 3 is 1.84 bits per heavy atom. The lowest BCUT2D eigenvalue weighted by atomic mass is 10.1. The van der Waals surface area contributed by atoms with Crippen LogP contribution in [0.15, 0.2) is 30.3 Å². The van der Waals surface area contributed by atoms with Crippen LogP contribution in [0.2, 0.25) is 0 Å². The second-order valence-electron chi connectivity index (χ2n) is 3.58. The number of nitro groups is 3. The molecule has 0 unspecified atom stereocenters. The van der Waals surface area contributed by atoms with E-state index in [1.54, 1.807) is 0 Å². The lowest BCUT2D eigenvalue weighted by Gasteiger charge is -2.01. The second kappa shape index (κ2) is 4.29. The van der Waals surface area contributed by atoms with Gasteiger partial charge in [-0.3, -0.25) is 30.3 Å². The van der Waals surface area contributed by atoms with Crippen LogP contribution < -0.4 is 0 Å². The van der Waals surface area contributed by atoms with E-state index in [0.29, 0.717) is 0 Å². The van der Waals surface area contributed by atoms with Crippen molar-refractivity contribution >= 4 is 27.8 Å². The van der Waals surface area contributed by atoms with Crippen LogP contribution in [0.4, 0.5) is 17.1 Å². The van der Waals surface area contributed by atoms with E-state index in [-0.39, 0.29) is 16.5 Å². The maximum atomic E-state index is 11.0. The lowest BCUT2D eigenvalue weighted by molar-refractivity contribution is -0.421. The third kappa shape index (κ3) is 1.92. The van der Waals surface area contributed by atoms with Crippen LogP contribution in [-0.2, 0) is 0 Å². The summed E-state index contributed by atoms with van der Waals surface area (Å²) in [6.45, 7) is 0. The minimum Gasteiger partial charge on any atom is -0.258 e. The van der Waals surface area contributed by atoms with E-state index in [1.165, 1.54) is 18.2 Å². The molecule has 0 bridgehead atoms. The summed E-state index contributed by atoms with van der Waals surface area (Å²) in [4.78, 5) is 30.0. The molecule has 2 rings (SSSR count). The van der Waals surface area contributed by atoms with Crippen molar-refractivity contribution in [3.05, 3.63) is 60.7 Å². The Morgan fingerprint density at radius 1 is 0.684 bits per heavy atom. The molecule has 96 valence electrons. The van der Waals surface area contributed by atoms with E-state index in [9.17, 15) is 30.3 Å². The first-order valence-corrected chi connectivity index (χ1v) is 4.92.